The molecule has 0 bridgehead atoms. The van der Waals surface area contributed by atoms with Crippen LogP contribution in [0, 0.1) is 0 Å². The van der Waals surface area contributed by atoms with Crippen LogP contribution in [0.4, 0.5) is 0 Å². The Hall–Kier alpha value is -2.05. The highest BCUT2D eigenvalue weighted by Gasteiger charge is 1.99. The van der Waals surface area contributed by atoms with Crippen molar-refractivity contribution in [3.8, 4) is 5.75 Å². The van der Waals surface area contributed by atoms with Gasteiger partial charge in [-0.15, -0.1) is 11.3 Å². The number of hydrogen-bond donors (Lipinski definition) is 1. The van der Waals surface area contributed by atoms with Crippen LogP contribution in [-0.4, -0.2) is 23.2 Å². The fraction of sp³-hybridized carbons (Fsp3) is 0.143. The van der Waals surface area contributed by atoms with Crippen molar-refractivity contribution < 1.29 is 19.4 Å². The summed E-state index contributed by atoms with van der Waals surface area (Å²) in [6, 6.07) is 9.64. The van der Waals surface area contributed by atoms with Crippen molar-refractivity contribution in [2.75, 3.05) is 7.11 Å². The molecule has 5 nitrogen and oxygen atoms in total. The van der Waals surface area contributed by atoms with E-state index in [1.54, 1.807) is 0 Å². The van der Waals surface area contributed by atoms with Crippen molar-refractivity contribution in [3.63, 3.8) is 0 Å². The molecule has 0 aliphatic heterocycles. The molecule has 1 aromatic heterocycles. The van der Waals surface area contributed by atoms with Gasteiger partial charge in [0.15, 0.2) is 4.47 Å². The van der Waals surface area contributed by atoms with Gasteiger partial charge < -0.3 is 14.6 Å². The van der Waals surface area contributed by atoms with Crippen LogP contribution < -0.4 is 4.74 Å². The number of halogens is 1. The maximum atomic E-state index is 9.59. The minimum Gasteiger partial charge on any atom is -0.504 e. The summed E-state index contributed by atoms with van der Waals surface area (Å²) in [5, 5.41) is 9.77. The first-order chi connectivity index (χ1) is 10.1. The minimum absolute atomic E-state index is 0.466. The number of thiazole rings is 1. The van der Waals surface area contributed by atoms with E-state index in [4.69, 9.17) is 21.4 Å². The number of benzene rings is 1. The standard InChI is InChI=1S/C10H8ClNOS.C4H6O3/c11-10-12-8(7-14-10)6-13-9-4-2-1-3-5-9;1-7-3-2-4(5)6/h1-5,7H,6H2;2-3H,1H3,(H,5,6). The van der Waals surface area contributed by atoms with Gasteiger partial charge in [-0.05, 0) is 12.1 Å². The third kappa shape index (κ3) is 7.96. The van der Waals surface area contributed by atoms with Crippen LogP contribution in [0.15, 0.2) is 48.0 Å². The van der Waals surface area contributed by atoms with Crippen LogP contribution in [0.1, 0.15) is 5.69 Å². The predicted octanol–water partition coefficient (Wildman–Crippen LogP) is 3.61. The molecule has 0 fully saturated rings. The van der Waals surface area contributed by atoms with Gasteiger partial charge in [0.1, 0.15) is 12.4 Å². The lowest BCUT2D eigenvalue weighted by atomic mass is 10.3. The summed E-state index contributed by atoms with van der Waals surface area (Å²) in [6.45, 7) is 0.466. The zero-order chi connectivity index (χ0) is 15.5. The number of carbonyl (C=O) groups is 1. The van der Waals surface area contributed by atoms with Crippen LogP contribution in [0.5, 0.6) is 5.75 Å². The van der Waals surface area contributed by atoms with E-state index >= 15 is 0 Å². The fourth-order valence-corrected chi connectivity index (χ4v) is 1.91. The average molecular weight is 328 g/mol. The van der Waals surface area contributed by atoms with Gasteiger partial charge in [-0.3, -0.25) is 0 Å². The second-order valence-corrected chi connectivity index (χ2v) is 5.01. The highest BCUT2D eigenvalue weighted by molar-refractivity contribution is 7.13. The fourth-order valence-electron chi connectivity index (χ4n) is 1.15. The van der Waals surface area contributed by atoms with Gasteiger partial charge in [-0.1, -0.05) is 29.8 Å². The lowest BCUT2D eigenvalue weighted by Gasteiger charge is -2.02. The van der Waals surface area contributed by atoms with E-state index in [0.717, 1.165) is 23.8 Å². The molecular weight excluding hydrogens is 314 g/mol. The molecule has 7 heteroatoms. The van der Waals surface area contributed by atoms with E-state index in [9.17, 15) is 4.79 Å². The molecule has 0 atom stereocenters. The SMILES string of the molecule is COC=CC(=O)O.Clc1nc(COc2ccccc2)cs1. The van der Waals surface area contributed by atoms with Gasteiger partial charge in [0.25, 0.3) is 0 Å². The quantitative estimate of drug-likeness (QED) is 0.671. The Balaban J connectivity index is 0.000000270. The maximum Gasteiger partial charge on any atom is 0.331 e. The van der Waals surface area contributed by atoms with Crippen LogP contribution in [0.25, 0.3) is 0 Å². The monoisotopic (exact) mass is 327 g/mol. The Morgan fingerprint density at radius 2 is 2.14 bits per heavy atom. The van der Waals surface area contributed by atoms with Crippen LogP contribution in [-0.2, 0) is 16.1 Å². The molecule has 0 saturated carbocycles. The number of aromatic nitrogens is 1. The number of aliphatic carboxylic acids is 1. The van der Waals surface area contributed by atoms with Gasteiger partial charge in [0.05, 0.1) is 25.1 Å². The maximum absolute atomic E-state index is 9.59. The van der Waals surface area contributed by atoms with Crippen LogP contribution in [0.2, 0.25) is 4.47 Å². The lowest BCUT2D eigenvalue weighted by Crippen LogP contribution is -1.94. The number of nitrogens with zero attached hydrogens (tertiary/aromatic N) is 1. The predicted molar refractivity (Wildman–Crippen MR) is 81.7 cm³/mol. The molecule has 2 rings (SSSR count). The molecule has 21 heavy (non-hydrogen) atoms. The number of carboxylic acid groups (broad SMARTS) is 1. The van der Waals surface area contributed by atoms with Crippen molar-refractivity contribution in [3.05, 3.63) is 58.2 Å². The molecule has 112 valence electrons. The molecule has 0 unspecified atom stereocenters. The van der Waals surface area contributed by atoms with Crippen LogP contribution >= 0.6 is 22.9 Å². The van der Waals surface area contributed by atoms with Crippen molar-refractivity contribution in [1.29, 1.82) is 0 Å². The molecule has 0 aliphatic carbocycles. The molecule has 2 aromatic rings. The number of para-hydroxylation sites is 1. The van der Waals surface area contributed by atoms with Crippen LogP contribution in [0.3, 0.4) is 0 Å². The summed E-state index contributed by atoms with van der Waals surface area (Å²) in [7, 11) is 1.39. The summed E-state index contributed by atoms with van der Waals surface area (Å²) >= 11 is 7.11. The Labute approximate surface area is 131 Å². The first-order valence-electron chi connectivity index (χ1n) is 5.82. The van der Waals surface area contributed by atoms with Crippen molar-refractivity contribution >= 4 is 28.9 Å². The van der Waals surface area contributed by atoms with E-state index in [0.29, 0.717) is 11.1 Å². The number of rotatable bonds is 5. The third-order valence-corrected chi connectivity index (χ3v) is 3.03. The summed E-state index contributed by atoms with van der Waals surface area (Å²) in [6.07, 6.45) is 2.02. The zero-order valence-electron chi connectivity index (χ0n) is 11.2. The smallest absolute Gasteiger partial charge is 0.331 e. The summed E-state index contributed by atoms with van der Waals surface area (Å²) < 4.78 is 10.3. The number of ether oxygens (including phenoxy) is 2. The molecule has 0 saturated heterocycles. The van der Waals surface area contributed by atoms with Crippen molar-refractivity contribution in [2.24, 2.45) is 0 Å². The first-order valence-corrected chi connectivity index (χ1v) is 7.07. The van der Waals surface area contributed by atoms with Gasteiger partial charge in [-0.2, -0.15) is 0 Å². The molecule has 1 aromatic carbocycles. The average Bonchev–Trinajstić information content (AvgIpc) is 2.90. The van der Waals surface area contributed by atoms with Crippen molar-refractivity contribution in [2.45, 2.75) is 6.61 Å². The molecule has 0 aliphatic rings. The number of hydrogen-bond acceptors (Lipinski definition) is 5. The third-order valence-electron chi connectivity index (χ3n) is 2.00. The van der Waals surface area contributed by atoms with E-state index in [1.165, 1.54) is 18.4 Å². The van der Waals surface area contributed by atoms with E-state index < -0.39 is 5.97 Å². The summed E-state index contributed by atoms with van der Waals surface area (Å²) in [5.41, 5.74) is 0.865. The lowest BCUT2D eigenvalue weighted by molar-refractivity contribution is -0.131. The molecule has 0 amide bonds. The molecule has 0 spiro atoms. The van der Waals surface area contributed by atoms with Gasteiger partial charge in [-0.25, -0.2) is 9.78 Å². The minimum atomic E-state index is -0.998. The second-order valence-electron chi connectivity index (χ2n) is 3.57. The molecular formula is C14H14ClNO4S. The van der Waals surface area contributed by atoms with E-state index in [-0.39, 0.29) is 0 Å². The molecule has 0 radical (unpaired) electrons. The highest BCUT2D eigenvalue weighted by Crippen LogP contribution is 2.17. The Morgan fingerprint density at radius 1 is 1.43 bits per heavy atom. The summed E-state index contributed by atoms with van der Waals surface area (Å²) in [5.74, 6) is -0.154. The van der Waals surface area contributed by atoms with Crippen molar-refractivity contribution in [1.82, 2.24) is 4.98 Å². The normalized spacial score (nSPS) is 9.81. The molecule has 1 N–H and O–H groups in total. The second kappa shape index (κ2) is 9.79. The van der Waals surface area contributed by atoms with E-state index in [2.05, 4.69) is 9.72 Å². The summed E-state index contributed by atoms with van der Waals surface area (Å²) in [4.78, 5) is 13.7. The Bertz CT molecular complexity index is 571. The largest absolute Gasteiger partial charge is 0.504 e. The topological polar surface area (TPSA) is 68.7 Å². The molecule has 1 heterocycles. The van der Waals surface area contributed by atoms with E-state index in [1.807, 2.05) is 35.7 Å². The zero-order valence-corrected chi connectivity index (χ0v) is 12.8. The highest BCUT2D eigenvalue weighted by atomic mass is 35.5. The van der Waals surface area contributed by atoms with Gasteiger partial charge >= 0.3 is 5.97 Å². The van der Waals surface area contributed by atoms with Gasteiger partial charge in [0.2, 0.25) is 0 Å². The number of carboxylic acids is 1. The Morgan fingerprint density at radius 3 is 2.62 bits per heavy atom. The van der Waals surface area contributed by atoms with Gasteiger partial charge in [0, 0.05) is 5.38 Å². The number of methoxy groups -OCH3 is 1. The first kappa shape index (κ1) is 17.0. The Kier molecular flexibility index (Phi) is 7.93.